The molecule has 0 radical (unpaired) electrons. The number of pyridine rings is 2. The summed E-state index contributed by atoms with van der Waals surface area (Å²) in [6, 6.07) is 19.5. The van der Waals surface area contributed by atoms with Gasteiger partial charge in [0.15, 0.2) is 5.65 Å². The minimum absolute atomic E-state index is 0.0282. The van der Waals surface area contributed by atoms with Crippen molar-refractivity contribution in [2.75, 3.05) is 13.1 Å². The molecular weight excluding hydrogens is 426 g/mol. The second-order valence-electron chi connectivity index (χ2n) is 8.49. The average molecular weight is 450 g/mol. The Morgan fingerprint density at radius 2 is 1.85 bits per heavy atom. The number of rotatable bonds is 4. The summed E-state index contributed by atoms with van der Waals surface area (Å²) in [4.78, 5) is 20.0. The van der Waals surface area contributed by atoms with E-state index in [1.165, 1.54) is 0 Å². The van der Waals surface area contributed by atoms with E-state index in [4.69, 9.17) is 5.10 Å². The number of carbonyl (C=O) groups excluding carboxylic acids is 1. The molecule has 1 fully saturated rings. The van der Waals surface area contributed by atoms with E-state index in [1.807, 2.05) is 82.4 Å². The molecule has 1 atom stereocenters. The first-order valence-corrected chi connectivity index (χ1v) is 11.4. The van der Waals surface area contributed by atoms with E-state index >= 15 is 0 Å². The summed E-state index contributed by atoms with van der Waals surface area (Å²) < 4.78 is 3.79. The monoisotopic (exact) mass is 449 g/mol. The van der Waals surface area contributed by atoms with Gasteiger partial charge in [0.2, 0.25) is 0 Å². The van der Waals surface area contributed by atoms with Gasteiger partial charge in [0.1, 0.15) is 11.5 Å². The quantitative estimate of drug-likeness (QED) is 0.414. The SMILES string of the molecule is O=C(c1cn(-c2ccccc2)nc1-c1cccnc1)N1CCCC(c2nnc3ccccn23)C1. The van der Waals surface area contributed by atoms with Gasteiger partial charge < -0.3 is 4.90 Å². The van der Waals surface area contributed by atoms with Gasteiger partial charge >= 0.3 is 0 Å². The average Bonchev–Trinajstić information content (AvgIpc) is 3.55. The number of fused-ring (bicyclic) bond motifs is 1. The Balaban J connectivity index is 1.35. The van der Waals surface area contributed by atoms with E-state index in [1.54, 1.807) is 17.1 Å². The van der Waals surface area contributed by atoms with Crippen molar-refractivity contribution in [3.63, 3.8) is 0 Å². The summed E-state index contributed by atoms with van der Waals surface area (Å²) in [5.74, 6) is 1.00. The van der Waals surface area contributed by atoms with Gasteiger partial charge in [-0.2, -0.15) is 5.10 Å². The molecule has 8 nitrogen and oxygen atoms in total. The molecule has 1 unspecified atom stereocenters. The molecule has 34 heavy (non-hydrogen) atoms. The number of carbonyl (C=O) groups is 1. The Kier molecular flexibility index (Phi) is 5.10. The highest BCUT2D eigenvalue weighted by Crippen LogP contribution is 2.30. The number of benzene rings is 1. The molecule has 1 saturated heterocycles. The van der Waals surface area contributed by atoms with Crippen molar-refractivity contribution in [1.29, 1.82) is 0 Å². The standard InChI is InChI=1S/C26H23N7O/c34-26(31-14-7-9-20(17-31)25-29-28-23-12-4-5-15-32(23)25)22-18-33(21-10-2-1-3-11-21)30-24(22)19-8-6-13-27-16-19/h1-6,8,10-13,15-16,18,20H,7,9,14,17H2. The van der Waals surface area contributed by atoms with Crippen LogP contribution in [0.1, 0.15) is 34.9 Å². The molecule has 168 valence electrons. The fraction of sp³-hybridized carbons (Fsp3) is 0.192. The van der Waals surface area contributed by atoms with Gasteiger partial charge in [0.25, 0.3) is 5.91 Å². The van der Waals surface area contributed by atoms with Crippen LogP contribution in [-0.2, 0) is 0 Å². The number of piperidine rings is 1. The topological polar surface area (TPSA) is 81.2 Å². The maximum atomic E-state index is 13.8. The molecule has 1 amide bonds. The van der Waals surface area contributed by atoms with E-state index in [2.05, 4.69) is 15.2 Å². The Bertz CT molecular complexity index is 1440. The van der Waals surface area contributed by atoms with Crippen LogP contribution in [0.25, 0.3) is 22.6 Å². The largest absolute Gasteiger partial charge is 0.338 e. The second kappa shape index (κ2) is 8.55. The number of nitrogens with zero attached hydrogens (tertiary/aromatic N) is 7. The van der Waals surface area contributed by atoms with Crippen molar-refractivity contribution >= 4 is 11.6 Å². The minimum Gasteiger partial charge on any atom is -0.338 e. The molecule has 4 aromatic heterocycles. The van der Waals surface area contributed by atoms with Gasteiger partial charge in [-0.15, -0.1) is 10.2 Å². The van der Waals surface area contributed by atoms with Gasteiger partial charge in [-0.25, -0.2) is 4.68 Å². The number of aromatic nitrogens is 6. The molecule has 0 N–H and O–H groups in total. The predicted octanol–water partition coefficient (Wildman–Crippen LogP) is 4.00. The highest BCUT2D eigenvalue weighted by atomic mass is 16.2. The Morgan fingerprint density at radius 3 is 2.71 bits per heavy atom. The first-order valence-electron chi connectivity index (χ1n) is 11.4. The third-order valence-corrected chi connectivity index (χ3v) is 6.31. The molecule has 0 spiro atoms. The predicted molar refractivity (Wildman–Crippen MR) is 128 cm³/mol. The molecule has 1 aromatic carbocycles. The Labute approximate surface area is 196 Å². The van der Waals surface area contributed by atoms with Crippen molar-refractivity contribution in [3.8, 4) is 16.9 Å². The minimum atomic E-state index is -0.0282. The lowest BCUT2D eigenvalue weighted by molar-refractivity contribution is 0.0705. The third kappa shape index (κ3) is 3.63. The summed E-state index contributed by atoms with van der Waals surface area (Å²) in [6.07, 6.45) is 9.16. The molecular formula is C26H23N7O. The lowest BCUT2D eigenvalue weighted by atomic mass is 9.96. The number of amides is 1. The highest BCUT2D eigenvalue weighted by molar-refractivity contribution is 6.00. The third-order valence-electron chi connectivity index (χ3n) is 6.31. The molecule has 1 aliphatic rings. The zero-order valence-electron chi connectivity index (χ0n) is 18.5. The summed E-state index contributed by atoms with van der Waals surface area (Å²) in [7, 11) is 0. The van der Waals surface area contributed by atoms with Crippen LogP contribution >= 0.6 is 0 Å². The molecule has 0 aliphatic carbocycles. The van der Waals surface area contributed by atoms with E-state index in [9.17, 15) is 4.79 Å². The van der Waals surface area contributed by atoms with E-state index in [0.29, 0.717) is 24.3 Å². The second-order valence-corrected chi connectivity index (χ2v) is 8.49. The number of likely N-dealkylation sites (tertiary alicyclic amines) is 1. The number of para-hydroxylation sites is 1. The highest BCUT2D eigenvalue weighted by Gasteiger charge is 2.30. The molecule has 1 aliphatic heterocycles. The van der Waals surface area contributed by atoms with Crippen LogP contribution in [0.2, 0.25) is 0 Å². The van der Waals surface area contributed by atoms with Gasteiger partial charge in [-0.05, 0) is 49.2 Å². The van der Waals surface area contributed by atoms with Crippen LogP contribution in [0.3, 0.4) is 0 Å². The van der Waals surface area contributed by atoms with Gasteiger partial charge in [0, 0.05) is 49.4 Å². The summed E-state index contributed by atoms with van der Waals surface area (Å²) in [6.45, 7) is 1.30. The molecule has 8 heteroatoms. The molecule has 0 bridgehead atoms. The van der Waals surface area contributed by atoms with E-state index in [-0.39, 0.29) is 11.8 Å². The van der Waals surface area contributed by atoms with E-state index < -0.39 is 0 Å². The van der Waals surface area contributed by atoms with Crippen molar-refractivity contribution in [3.05, 3.63) is 96.8 Å². The lowest BCUT2D eigenvalue weighted by Crippen LogP contribution is -2.39. The smallest absolute Gasteiger partial charge is 0.257 e. The van der Waals surface area contributed by atoms with Crippen LogP contribution in [0.15, 0.2) is 85.5 Å². The first-order chi connectivity index (χ1) is 16.8. The Morgan fingerprint density at radius 1 is 0.971 bits per heavy atom. The summed E-state index contributed by atoms with van der Waals surface area (Å²) >= 11 is 0. The van der Waals surface area contributed by atoms with E-state index in [0.717, 1.165) is 35.6 Å². The van der Waals surface area contributed by atoms with Crippen LogP contribution in [0, 0.1) is 0 Å². The van der Waals surface area contributed by atoms with Gasteiger partial charge in [-0.3, -0.25) is 14.2 Å². The maximum absolute atomic E-state index is 13.8. The van der Waals surface area contributed by atoms with Gasteiger partial charge in [-0.1, -0.05) is 24.3 Å². The first kappa shape index (κ1) is 20.3. The molecule has 5 heterocycles. The molecule has 5 aromatic rings. The normalized spacial score (nSPS) is 16.1. The van der Waals surface area contributed by atoms with Gasteiger partial charge in [0.05, 0.1) is 11.3 Å². The Hall–Kier alpha value is -4.33. The fourth-order valence-corrected chi connectivity index (χ4v) is 4.64. The zero-order valence-corrected chi connectivity index (χ0v) is 18.5. The van der Waals surface area contributed by atoms with Crippen LogP contribution in [0.5, 0.6) is 0 Å². The van der Waals surface area contributed by atoms with Crippen molar-refractivity contribution in [2.24, 2.45) is 0 Å². The fourth-order valence-electron chi connectivity index (χ4n) is 4.64. The van der Waals surface area contributed by atoms with Crippen molar-refractivity contribution in [2.45, 2.75) is 18.8 Å². The summed E-state index contributed by atoms with van der Waals surface area (Å²) in [5, 5.41) is 13.5. The molecule has 6 rings (SSSR count). The number of hydrogen-bond acceptors (Lipinski definition) is 5. The van der Waals surface area contributed by atoms with Crippen LogP contribution in [0.4, 0.5) is 0 Å². The number of hydrogen-bond donors (Lipinski definition) is 0. The maximum Gasteiger partial charge on any atom is 0.257 e. The van der Waals surface area contributed by atoms with Crippen molar-refractivity contribution < 1.29 is 4.79 Å². The summed E-state index contributed by atoms with van der Waals surface area (Å²) in [5.41, 5.74) is 3.75. The zero-order chi connectivity index (χ0) is 22.9. The van der Waals surface area contributed by atoms with Crippen LogP contribution < -0.4 is 0 Å². The lowest BCUT2D eigenvalue weighted by Gasteiger charge is -2.32. The van der Waals surface area contributed by atoms with Crippen molar-refractivity contribution in [1.82, 2.24) is 34.3 Å². The van der Waals surface area contributed by atoms with Crippen LogP contribution in [-0.4, -0.2) is 53.3 Å². The molecule has 0 saturated carbocycles.